The summed E-state index contributed by atoms with van der Waals surface area (Å²) in [4.78, 5) is 3.99. The van der Waals surface area contributed by atoms with Crippen LogP contribution in [0.25, 0.3) is 0 Å². The van der Waals surface area contributed by atoms with Gasteiger partial charge in [0.05, 0.1) is 0 Å². The average molecular weight is 268 g/mol. The average Bonchev–Trinajstić information content (AvgIpc) is 2.86. The SMILES string of the molecule is CC(Cc1cccs1)N(C)CCCCCCCN. The molecule has 0 saturated heterocycles. The van der Waals surface area contributed by atoms with Crippen molar-refractivity contribution in [3.05, 3.63) is 22.4 Å². The van der Waals surface area contributed by atoms with E-state index in [0.717, 1.165) is 6.54 Å². The molecule has 3 heteroatoms. The van der Waals surface area contributed by atoms with Crippen molar-refractivity contribution < 1.29 is 0 Å². The second-order valence-electron chi connectivity index (χ2n) is 5.17. The van der Waals surface area contributed by atoms with E-state index >= 15 is 0 Å². The van der Waals surface area contributed by atoms with E-state index in [1.165, 1.54) is 49.9 Å². The molecule has 0 saturated carbocycles. The molecular formula is C15H28N2S. The third kappa shape index (κ3) is 6.53. The summed E-state index contributed by atoms with van der Waals surface area (Å²) in [7, 11) is 2.25. The van der Waals surface area contributed by atoms with Gasteiger partial charge in [0.15, 0.2) is 0 Å². The molecule has 1 unspecified atom stereocenters. The van der Waals surface area contributed by atoms with Crippen molar-refractivity contribution in [2.75, 3.05) is 20.1 Å². The number of thiophene rings is 1. The molecule has 2 N–H and O–H groups in total. The van der Waals surface area contributed by atoms with Crippen molar-refractivity contribution in [2.24, 2.45) is 5.73 Å². The first kappa shape index (κ1) is 15.7. The minimum atomic E-state index is 0.646. The molecule has 0 aliphatic carbocycles. The van der Waals surface area contributed by atoms with Gasteiger partial charge in [-0.1, -0.05) is 25.3 Å². The van der Waals surface area contributed by atoms with E-state index in [4.69, 9.17) is 5.73 Å². The fourth-order valence-electron chi connectivity index (χ4n) is 2.13. The zero-order valence-corrected chi connectivity index (χ0v) is 12.7. The predicted molar refractivity (Wildman–Crippen MR) is 82.3 cm³/mol. The van der Waals surface area contributed by atoms with Gasteiger partial charge in [-0.25, -0.2) is 0 Å². The third-order valence-electron chi connectivity index (χ3n) is 3.54. The van der Waals surface area contributed by atoms with Gasteiger partial charge in [0.2, 0.25) is 0 Å². The summed E-state index contributed by atoms with van der Waals surface area (Å²) < 4.78 is 0. The molecule has 2 nitrogen and oxygen atoms in total. The Morgan fingerprint density at radius 3 is 2.61 bits per heavy atom. The first-order chi connectivity index (χ1) is 8.74. The Kier molecular flexibility index (Phi) is 8.31. The molecule has 0 aliphatic rings. The normalized spacial score (nSPS) is 13.1. The van der Waals surface area contributed by atoms with Crippen LogP contribution in [0, 0.1) is 0 Å². The molecule has 104 valence electrons. The predicted octanol–water partition coefficient (Wildman–Crippen LogP) is 3.52. The van der Waals surface area contributed by atoms with E-state index < -0.39 is 0 Å². The molecule has 1 atom stereocenters. The number of hydrogen-bond donors (Lipinski definition) is 1. The second kappa shape index (κ2) is 9.54. The fourth-order valence-corrected chi connectivity index (χ4v) is 2.96. The number of unbranched alkanes of at least 4 members (excludes halogenated alkanes) is 4. The highest BCUT2D eigenvalue weighted by atomic mass is 32.1. The second-order valence-corrected chi connectivity index (χ2v) is 6.20. The zero-order valence-electron chi connectivity index (χ0n) is 11.9. The minimum absolute atomic E-state index is 0.646. The Labute approximate surface area is 116 Å². The summed E-state index contributed by atoms with van der Waals surface area (Å²) in [5.41, 5.74) is 5.49. The van der Waals surface area contributed by atoms with Crippen molar-refractivity contribution in [3.63, 3.8) is 0 Å². The van der Waals surface area contributed by atoms with Gasteiger partial charge in [-0.2, -0.15) is 0 Å². The number of nitrogens with zero attached hydrogens (tertiary/aromatic N) is 1. The highest BCUT2D eigenvalue weighted by Crippen LogP contribution is 2.14. The molecule has 1 aromatic rings. The van der Waals surface area contributed by atoms with Crippen molar-refractivity contribution in [1.29, 1.82) is 0 Å². The van der Waals surface area contributed by atoms with Crippen molar-refractivity contribution in [1.82, 2.24) is 4.90 Å². The van der Waals surface area contributed by atoms with E-state index in [0.29, 0.717) is 6.04 Å². The highest BCUT2D eigenvalue weighted by Gasteiger charge is 2.09. The van der Waals surface area contributed by atoms with Crippen molar-refractivity contribution in [2.45, 2.75) is 51.5 Å². The van der Waals surface area contributed by atoms with Crippen LogP contribution in [-0.4, -0.2) is 31.1 Å². The molecule has 0 amide bonds. The Hall–Kier alpha value is -0.380. The minimum Gasteiger partial charge on any atom is -0.330 e. The summed E-state index contributed by atoms with van der Waals surface area (Å²) in [6.45, 7) is 4.39. The summed E-state index contributed by atoms with van der Waals surface area (Å²) >= 11 is 1.87. The van der Waals surface area contributed by atoms with Gasteiger partial charge in [-0.15, -0.1) is 11.3 Å². The van der Waals surface area contributed by atoms with Crippen molar-refractivity contribution >= 4 is 11.3 Å². The smallest absolute Gasteiger partial charge is 0.0112 e. The quantitative estimate of drug-likeness (QED) is 0.658. The molecule has 1 rings (SSSR count). The van der Waals surface area contributed by atoms with Gasteiger partial charge in [-0.05, 0) is 57.8 Å². The molecule has 1 aromatic heterocycles. The molecule has 0 aromatic carbocycles. The van der Waals surface area contributed by atoms with Gasteiger partial charge in [0.25, 0.3) is 0 Å². The number of likely N-dealkylation sites (N-methyl/N-ethyl adjacent to an activating group) is 1. The van der Waals surface area contributed by atoms with E-state index in [9.17, 15) is 0 Å². The molecule has 0 fully saturated rings. The monoisotopic (exact) mass is 268 g/mol. The van der Waals surface area contributed by atoms with Gasteiger partial charge in [0, 0.05) is 10.9 Å². The lowest BCUT2D eigenvalue weighted by atomic mass is 10.1. The fraction of sp³-hybridized carbons (Fsp3) is 0.733. The number of nitrogens with two attached hydrogens (primary N) is 1. The Morgan fingerprint density at radius 1 is 1.22 bits per heavy atom. The van der Waals surface area contributed by atoms with Crippen LogP contribution < -0.4 is 5.73 Å². The van der Waals surface area contributed by atoms with Crippen LogP contribution in [0.15, 0.2) is 17.5 Å². The Balaban J connectivity index is 2.06. The lowest BCUT2D eigenvalue weighted by Crippen LogP contribution is -2.31. The van der Waals surface area contributed by atoms with E-state index in [-0.39, 0.29) is 0 Å². The van der Waals surface area contributed by atoms with Gasteiger partial charge < -0.3 is 10.6 Å². The van der Waals surface area contributed by atoms with Gasteiger partial charge >= 0.3 is 0 Å². The molecule has 0 aliphatic heterocycles. The van der Waals surface area contributed by atoms with Gasteiger partial charge in [-0.3, -0.25) is 0 Å². The maximum Gasteiger partial charge on any atom is 0.0112 e. The summed E-state index contributed by atoms with van der Waals surface area (Å²) in [5, 5.41) is 2.17. The molecule has 1 heterocycles. The maximum absolute atomic E-state index is 5.49. The number of rotatable bonds is 10. The van der Waals surface area contributed by atoms with E-state index in [1.807, 2.05) is 11.3 Å². The lowest BCUT2D eigenvalue weighted by Gasteiger charge is -2.24. The van der Waals surface area contributed by atoms with Crippen LogP contribution in [0.4, 0.5) is 0 Å². The topological polar surface area (TPSA) is 29.3 Å². The highest BCUT2D eigenvalue weighted by molar-refractivity contribution is 7.09. The van der Waals surface area contributed by atoms with E-state index in [2.05, 4.69) is 36.4 Å². The van der Waals surface area contributed by atoms with Crippen LogP contribution in [0.1, 0.15) is 43.9 Å². The summed E-state index contributed by atoms with van der Waals surface area (Å²) in [6.07, 6.45) is 7.66. The number of hydrogen-bond acceptors (Lipinski definition) is 3. The maximum atomic E-state index is 5.49. The largest absolute Gasteiger partial charge is 0.330 e. The Morgan fingerprint density at radius 2 is 1.94 bits per heavy atom. The summed E-state index contributed by atoms with van der Waals surface area (Å²) in [5.74, 6) is 0. The van der Waals surface area contributed by atoms with Crippen LogP contribution in [-0.2, 0) is 6.42 Å². The molecule has 0 radical (unpaired) electrons. The molecule has 18 heavy (non-hydrogen) atoms. The lowest BCUT2D eigenvalue weighted by molar-refractivity contribution is 0.251. The standard InChI is InChI=1S/C15H28N2S/c1-14(13-15-9-8-12-18-15)17(2)11-7-5-3-4-6-10-16/h8-9,12,14H,3-7,10-11,13,16H2,1-2H3. The first-order valence-electron chi connectivity index (χ1n) is 7.16. The van der Waals surface area contributed by atoms with Gasteiger partial charge in [0.1, 0.15) is 0 Å². The zero-order chi connectivity index (χ0) is 13.2. The van der Waals surface area contributed by atoms with E-state index in [1.54, 1.807) is 0 Å². The molecule has 0 bridgehead atoms. The van der Waals surface area contributed by atoms with Crippen LogP contribution >= 0.6 is 11.3 Å². The molecule has 0 spiro atoms. The molecular weight excluding hydrogens is 240 g/mol. The summed E-state index contributed by atoms with van der Waals surface area (Å²) in [6, 6.07) is 5.03. The van der Waals surface area contributed by atoms with Crippen LogP contribution in [0.3, 0.4) is 0 Å². The van der Waals surface area contributed by atoms with Crippen molar-refractivity contribution in [3.8, 4) is 0 Å². The Bertz CT molecular complexity index is 285. The third-order valence-corrected chi connectivity index (χ3v) is 4.44. The van der Waals surface area contributed by atoms with Crippen LogP contribution in [0.5, 0.6) is 0 Å². The van der Waals surface area contributed by atoms with Crippen LogP contribution in [0.2, 0.25) is 0 Å². The first-order valence-corrected chi connectivity index (χ1v) is 8.04.